The summed E-state index contributed by atoms with van der Waals surface area (Å²) < 4.78 is 0. The molecule has 0 saturated heterocycles. The third-order valence-corrected chi connectivity index (χ3v) is 3.14. The Morgan fingerprint density at radius 2 is 2.06 bits per heavy atom. The highest BCUT2D eigenvalue weighted by Crippen LogP contribution is 2.26. The predicted molar refractivity (Wildman–Crippen MR) is 66.2 cm³/mol. The minimum Gasteiger partial charge on any atom is -0.336 e. The van der Waals surface area contributed by atoms with Crippen LogP contribution < -0.4 is 0 Å². The van der Waals surface area contributed by atoms with E-state index in [1.807, 2.05) is 6.92 Å². The highest BCUT2D eigenvalue weighted by molar-refractivity contribution is 6.41. The molecule has 0 aromatic carbocycles. The molecule has 0 aliphatic heterocycles. The van der Waals surface area contributed by atoms with Gasteiger partial charge in [-0.25, -0.2) is 9.97 Å². The van der Waals surface area contributed by atoms with Crippen LogP contribution in [0.1, 0.15) is 5.69 Å². The molecule has 7 heteroatoms. The lowest BCUT2D eigenvalue weighted by Crippen LogP contribution is -1.81. The van der Waals surface area contributed by atoms with Gasteiger partial charge in [-0.05, 0) is 13.0 Å². The molecule has 0 amide bonds. The zero-order valence-electron chi connectivity index (χ0n) is 8.75. The molecule has 0 aliphatic carbocycles. The van der Waals surface area contributed by atoms with Crippen LogP contribution in [-0.2, 0) is 0 Å². The Balaban J connectivity index is 2.24. The van der Waals surface area contributed by atoms with Crippen molar-refractivity contribution >= 4 is 34.4 Å². The van der Waals surface area contributed by atoms with Gasteiger partial charge in [0.25, 0.3) is 0 Å². The molecular formula is C10H7Cl2N5. The fraction of sp³-hybridized carbons (Fsp3) is 0.100. The van der Waals surface area contributed by atoms with Crippen molar-refractivity contribution in [3.8, 4) is 11.4 Å². The Labute approximate surface area is 106 Å². The van der Waals surface area contributed by atoms with Crippen LogP contribution in [0.25, 0.3) is 22.6 Å². The monoisotopic (exact) mass is 267 g/mol. The Bertz CT molecular complexity index is 661. The maximum absolute atomic E-state index is 5.89. The summed E-state index contributed by atoms with van der Waals surface area (Å²) in [7, 11) is 0. The summed E-state index contributed by atoms with van der Waals surface area (Å²) in [5.74, 6) is 0.692. The fourth-order valence-electron chi connectivity index (χ4n) is 1.61. The van der Waals surface area contributed by atoms with Gasteiger partial charge in [-0.15, -0.1) is 0 Å². The first-order valence-electron chi connectivity index (χ1n) is 4.87. The number of H-pyrrole nitrogens is 2. The molecule has 3 heterocycles. The quantitative estimate of drug-likeness (QED) is 0.666. The molecule has 3 aromatic rings. The molecule has 0 saturated carbocycles. The van der Waals surface area contributed by atoms with Gasteiger partial charge in [0.2, 0.25) is 0 Å². The number of nitrogens with zero attached hydrogens (tertiary/aromatic N) is 3. The van der Waals surface area contributed by atoms with E-state index in [4.69, 9.17) is 23.2 Å². The van der Waals surface area contributed by atoms with E-state index in [9.17, 15) is 0 Å². The normalized spacial score (nSPS) is 11.2. The number of imidazole rings is 1. The van der Waals surface area contributed by atoms with Crippen LogP contribution in [0.5, 0.6) is 0 Å². The SMILES string of the molecule is Cc1[nH]ncc1-c1nc2nc(Cl)c(Cl)cc2[nH]1. The summed E-state index contributed by atoms with van der Waals surface area (Å²) in [6.07, 6.45) is 1.70. The molecular weight excluding hydrogens is 261 g/mol. The van der Waals surface area contributed by atoms with Crippen LogP contribution in [0.3, 0.4) is 0 Å². The maximum Gasteiger partial charge on any atom is 0.179 e. The lowest BCUT2D eigenvalue weighted by molar-refractivity contribution is 1.05. The van der Waals surface area contributed by atoms with Crippen molar-refractivity contribution in [3.63, 3.8) is 0 Å². The second-order valence-corrected chi connectivity index (χ2v) is 4.39. The summed E-state index contributed by atoms with van der Waals surface area (Å²) in [5, 5.41) is 7.45. The Hall–Kier alpha value is -1.59. The van der Waals surface area contributed by atoms with Crippen LogP contribution in [0, 0.1) is 6.92 Å². The van der Waals surface area contributed by atoms with Crippen molar-refractivity contribution in [2.45, 2.75) is 6.92 Å². The number of aromatic nitrogens is 5. The first kappa shape index (κ1) is 10.6. The van der Waals surface area contributed by atoms with Gasteiger partial charge < -0.3 is 4.98 Å². The topological polar surface area (TPSA) is 70.2 Å². The number of rotatable bonds is 1. The molecule has 0 fully saturated rings. The van der Waals surface area contributed by atoms with Crippen molar-refractivity contribution < 1.29 is 0 Å². The van der Waals surface area contributed by atoms with Crippen molar-refractivity contribution in [3.05, 3.63) is 28.1 Å². The first-order chi connectivity index (χ1) is 8.15. The molecule has 0 bridgehead atoms. The lowest BCUT2D eigenvalue weighted by atomic mass is 10.2. The number of hydrogen-bond donors (Lipinski definition) is 2. The van der Waals surface area contributed by atoms with E-state index < -0.39 is 0 Å². The van der Waals surface area contributed by atoms with Crippen molar-refractivity contribution in [2.75, 3.05) is 0 Å². The zero-order valence-corrected chi connectivity index (χ0v) is 10.3. The maximum atomic E-state index is 5.89. The van der Waals surface area contributed by atoms with Gasteiger partial charge in [0, 0.05) is 5.69 Å². The van der Waals surface area contributed by atoms with E-state index in [1.165, 1.54) is 0 Å². The van der Waals surface area contributed by atoms with E-state index >= 15 is 0 Å². The van der Waals surface area contributed by atoms with Crippen LogP contribution in [-0.4, -0.2) is 25.1 Å². The van der Waals surface area contributed by atoms with Gasteiger partial charge in [0.1, 0.15) is 11.0 Å². The Morgan fingerprint density at radius 3 is 2.76 bits per heavy atom. The fourth-order valence-corrected chi connectivity index (χ4v) is 1.90. The highest BCUT2D eigenvalue weighted by atomic mass is 35.5. The van der Waals surface area contributed by atoms with E-state index in [0.717, 1.165) is 16.8 Å². The molecule has 2 N–H and O–H groups in total. The average molecular weight is 268 g/mol. The molecule has 86 valence electrons. The molecule has 0 radical (unpaired) electrons. The summed E-state index contributed by atoms with van der Waals surface area (Å²) >= 11 is 11.7. The van der Waals surface area contributed by atoms with Crippen LogP contribution in [0.4, 0.5) is 0 Å². The third kappa shape index (κ3) is 1.67. The lowest BCUT2D eigenvalue weighted by Gasteiger charge is -1.92. The molecule has 0 aliphatic rings. The van der Waals surface area contributed by atoms with Gasteiger partial charge in [-0.2, -0.15) is 5.10 Å². The Kier molecular flexibility index (Phi) is 2.31. The molecule has 5 nitrogen and oxygen atoms in total. The van der Waals surface area contributed by atoms with Crippen LogP contribution >= 0.6 is 23.2 Å². The average Bonchev–Trinajstić information content (AvgIpc) is 2.85. The van der Waals surface area contributed by atoms with Gasteiger partial charge in [0.15, 0.2) is 5.65 Å². The van der Waals surface area contributed by atoms with Crippen molar-refractivity contribution in [1.82, 2.24) is 25.1 Å². The number of hydrogen-bond acceptors (Lipinski definition) is 3. The molecule has 3 aromatic heterocycles. The number of aromatic amines is 2. The smallest absolute Gasteiger partial charge is 0.179 e. The summed E-state index contributed by atoms with van der Waals surface area (Å²) in [6, 6.07) is 1.71. The predicted octanol–water partition coefficient (Wildman–Crippen LogP) is 2.96. The highest BCUT2D eigenvalue weighted by Gasteiger charge is 2.11. The first-order valence-corrected chi connectivity index (χ1v) is 5.63. The zero-order chi connectivity index (χ0) is 12.0. The van der Waals surface area contributed by atoms with Crippen molar-refractivity contribution in [2.24, 2.45) is 0 Å². The number of fused-ring (bicyclic) bond motifs is 1. The second-order valence-electron chi connectivity index (χ2n) is 3.63. The third-order valence-electron chi connectivity index (χ3n) is 2.47. The minimum atomic E-state index is 0.251. The number of halogens is 2. The van der Waals surface area contributed by atoms with Crippen molar-refractivity contribution in [1.29, 1.82) is 0 Å². The number of nitrogens with one attached hydrogen (secondary N) is 2. The van der Waals surface area contributed by atoms with Gasteiger partial charge in [-0.3, -0.25) is 5.10 Å². The number of aryl methyl sites for hydroxylation is 1. The van der Waals surface area contributed by atoms with Crippen LogP contribution in [0.15, 0.2) is 12.3 Å². The minimum absolute atomic E-state index is 0.251. The van der Waals surface area contributed by atoms with Gasteiger partial charge >= 0.3 is 0 Å². The molecule has 0 unspecified atom stereocenters. The van der Waals surface area contributed by atoms with E-state index in [1.54, 1.807) is 12.3 Å². The van der Waals surface area contributed by atoms with Crippen LogP contribution in [0.2, 0.25) is 10.2 Å². The summed E-state index contributed by atoms with van der Waals surface area (Å²) in [6.45, 7) is 1.92. The molecule has 3 rings (SSSR count). The Morgan fingerprint density at radius 1 is 1.24 bits per heavy atom. The standard InChI is InChI=1S/C10H7Cl2N5/c1-4-5(3-13-17-4)9-14-7-2-6(11)8(12)15-10(7)16-9/h2-3H,1H3,(H,13,17)(H,14,15,16). The van der Waals surface area contributed by atoms with E-state index in [-0.39, 0.29) is 5.15 Å². The van der Waals surface area contributed by atoms with E-state index in [0.29, 0.717) is 16.5 Å². The largest absolute Gasteiger partial charge is 0.336 e. The molecule has 0 spiro atoms. The van der Waals surface area contributed by atoms with Gasteiger partial charge in [0.05, 0.1) is 22.3 Å². The number of pyridine rings is 1. The van der Waals surface area contributed by atoms with E-state index in [2.05, 4.69) is 25.1 Å². The summed E-state index contributed by atoms with van der Waals surface area (Å²) in [4.78, 5) is 11.6. The molecule has 0 atom stereocenters. The summed E-state index contributed by atoms with van der Waals surface area (Å²) in [5.41, 5.74) is 3.11. The van der Waals surface area contributed by atoms with Gasteiger partial charge in [-0.1, -0.05) is 23.2 Å². The molecule has 17 heavy (non-hydrogen) atoms. The second kappa shape index (κ2) is 3.72.